The lowest BCUT2D eigenvalue weighted by Gasteiger charge is -2.08. The Morgan fingerprint density at radius 3 is 2.79 bits per heavy atom. The number of halogens is 1. The number of hydrogen-bond donors (Lipinski definition) is 1. The molecule has 2 N–H and O–H groups in total. The van der Waals surface area contributed by atoms with E-state index in [2.05, 4.69) is 15.9 Å². The average Bonchev–Trinajstić information content (AvgIpc) is 2.73. The highest BCUT2D eigenvalue weighted by molar-refractivity contribution is 9.10. The predicted molar refractivity (Wildman–Crippen MR) is 61.5 cm³/mol. The zero-order valence-electron chi connectivity index (χ0n) is 7.66. The second kappa shape index (κ2) is 3.88. The van der Waals surface area contributed by atoms with Gasteiger partial charge in [-0.3, -0.25) is 0 Å². The Kier molecular flexibility index (Phi) is 2.76. The Balaban J connectivity index is 2.38. The monoisotopic (exact) mass is 271 g/mol. The normalized spacial score (nSPS) is 13.1. The summed E-state index contributed by atoms with van der Waals surface area (Å²) in [5, 5.41) is 2.02. The van der Waals surface area contributed by atoms with Crippen molar-refractivity contribution in [2.75, 3.05) is 0 Å². The van der Waals surface area contributed by atoms with Crippen molar-refractivity contribution in [2.24, 2.45) is 5.73 Å². The molecular formula is C10H10BrNOS. The number of furan rings is 1. The van der Waals surface area contributed by atoms with Crippen LogP contribution in [0.5, 0.6) is 0 Å². The van der Waals surface area contributed by atoms with Crippen molar-refractivity contribution in [1.29, 1.82) is 0 Å². The first-order chi connectivity index (χ1) is 6.70. The van der Waals surface area contributed by atoms with Crippen molar-refractivity contribution in [2.45, 2.75) is 13.0 Å². The second-order valence-electron chi connectivity index (χ2n) is 3.04. The molecule has 14 heavy (non-hydrogen) atoms. The minimum Gasteiger partial charge on any atom is -0.469 e. The van der Waals surface area contributed by atoms with Gasteiger partial charge in [0, 0.05) is 14.9 Å². The van der Waals surface area contributed by atoms with Gasteiger partial charge in [0.2, 0.25) is 0 Å². The molecule has 0 fully saturated rings. The van der Waals surface area contributed by atoms with Gasteiger partial charge in [0.25, 0.3) is 0 Å². The van der Waals surface area contributed by atoms with Gasteiger partial charge in [0.1, 0.15) is 5.76 Å². The van der Waals surface area contributed by atoms with Crippen molar-refractivity contribution in [1.82, 2.24) is 0 Å². The van der Waals surface area contributed by atoms with Crippen LogP contribution >= 0.6 is 27.3 Å². The van der Waals surface area contributed by atoms with Crippen LogP contribution in [0.25, 0.3) is 0 Å². The Labute approximate surface area is 94.9 Å². The van der Waals surface area contributed by atoms with Gasteiger partial charge < -0.3 is 10.2 Å². The third-order valence-electron chi connectivity index (χ3n) is 2.16. The molecule has 4 heteroatoms. The molecule has 74 valence electrons. The summed E-state index contributed by atoms with van der Waals surface area (Å²) in [4.78, 5) is 1.13. The maximum atomic E-state index is 6.13. The quantitative estimate of drug-likeness (QED) is 0.909. The van der Waals surface area contributed by atoms with Gasteiger partial charge in [-0.2, -0.15) is 0 Å². The summed E-state index contributed by atoms with van der Waals surface area (Å²) in [5.74, 6) is 0.887. The van der Waals surface area contributed by atoms with E-state index >= 15 is 0 Å². The maximum absolute atomic E-state index is 6.13. The minimum atomic E-state index is -0.0943. The molecule has 0 saturated heterocycles. The Morgan fingerprint density at radius 2 is 2.29 bits per heavy atom. The summed E-state index contributed by atoms with van der Waals surface area (Å²) in [5.41, 5.74) is 7.18. The lowest BCUT2D eigenvalue weighted by atomic mass is 10.1. The van der Waals surface area contributed by atoms with E-state index in [1.54, 1.807) is 17.6 Å². The second-order valence-corrected chi connectivity index (χ2v) is 4.84. The van der Waals surface area contributed by atoms with Crippen molar-refractivity contribution in [3.05, 3.63) is 44.4 Å². The van der Waals surface area contributed by atoms with Crippen LogP contribution in [-0.2, 0) is 0 Å². The fourth-order valence-electron chi connectivity index (χ4n) is 1.39. The lowest BCUT2D eigenvalue weighted by molar-refractivity contribution is 0.528. The van der Waals surface area contributed by atoms with Gasteiger partial charge in [0.05, 0.1) is 12.3 Å². The van der Waals surface area contributed by atoms with Crippen LogP contribution in [0.1, 0.15) is 22.2 Å². The van der Waals surface area contributed by atoms with Crippen molar-refractivity contribution < 1.29 is 4.42 Å². The number of hydrogen-bond acceptors (Lipinski definition) is 3. The summed E-state index contributed by atoms with van der Waals surface area (Å²) in [6.07, 6.45) is 1.67. The van der Waals surface area contributed by atoms with Gasteiger partial charge in [0.15, 0.2) is 0 Å². The summed E-state index contributed by atoms with van der Waals surface area (Å²) >= 11 is 5.13. The number of nitrogens with two attached hydrogens (primary N) is 1. The number of thiophene rings is 1. The van der Waals surface area contributed by atoms with Gasteiger partial charge >= 0.3 is 0 Å². The van der Waals surface area contributed by atoms with Crippen LogP contribution in [0.15, 0.2) is 32.7 Å². The summed E-state index contributed by atoms with van der Waals surface area (Å²) in [6, 6.07) is 3.84. The Morgan fingerprint density at radius 1 is 1.50 bits per heavy atom. The highest BCUT2D eigenvalue weighted by Crippen LogP contribution is 2.32. The highest BCUT2D eigenvalue weighted by atomic mass is 79.9. The summed E-state index contributed by atoms with van der Waals surface area (Å²) in [6.45, 7) is 1.93. The first-order valence-electron chi connectivity index (χ1n) is 4.22. The maximum Gasteiger partial charge on any atom is 0.105 e. The van der Waals surface area contributed by atoms with E-state index in [0.29, 0.717) is 0 Å². The minimum absolute atomic E-state index is 0.0943. The van der Waals surface area contributed by atoms with Gasteiger partial charge in [-0.1, -0.05) is 0 Å². The molecule has 1 unspecified atom stereocenters. The van der Waals surface area contributed by atoms with E-state index in [9.17, 15) is 0 Å². The Hall–Kier alpha value is -0.580. The van der Waals surface area contributed by atoms with Crippen LogP contribution in [0.2, 0.25) is 0 Å². The zero-order chi connectivity index (χ0) is 10.1. The van der Waals surface area contributed by atoms with E-state index in [-0.39, 0.29) is 6.04 Å². The van der Waals surface area contributed by atoms with Gasteiger partial charge in [-0.25, -0.2) is 0 Å². The van der Waals surface area contributed by atoms with Crippen molar-refractivity contribution in [3.63, 3.8) is 0 Å². The fourth-order valence-corrected chi connectivity index (χ4v) is 3.03. The van der Waals surface area contributed by atoms with Gasteiger partial charge in [-0.05, 0) is 40.4 Å². The largest absolute Gasteiger partial charge is 0.469 e. The van der Waals surface area contributed by atoms with E-state index < -0.39 is 0 Å². The number of rotatable bonds is 2. The summed E-state index contributed by atoms with van der Waals surface area (Å²) in [7, 11) is 0. The first kappa shape index (κ1) is 9.96. The first-order valence-corrected chi connectivity index (χ1v) is 5.90. The molecule has 0 aromatic carbocycles. The van der Waals surface area contributed by atoms with Crippen LogP contribution in [-0.4, -0.2) is 0 Å². The third-order valence-corrected chi connectivity index (χ3v) is 4.12. The highest BCUT2D eigenvalue weighted by Gasteiger charge is 2.16. The van der Waals surface area contributed by atoms with Crippen LogP contribution in [0.4, 0.5) is 0 Å². The smallest absolute Gasteiger partial charge is 0.105 e. The number of aryl methyl sites for hydroxylation is 1. The van der Waals surface area contributed by atoms with E-state index in [4.69, 9.17) is 10.2 Å². The van der Waals surface area contributed by atoms with E-state index in [0.717, 1.165) is 20.7 Å². The molecule has 0 spiro atoms. The fraction of sp³-hybridized carbons (Fsp3) is 0.200. The van der Waals surface area contributed by atoms with Crippen molar-refractivity contribution in [3.8, 4) is 0 Å². The van der Waals surface area contributed by atoms with Crippen molar-refractivity contribution >= 4 is 27.3 Å². The molecule has 0 aliphatic carbocycles. The molecule has 0 bridgehead atoms. The topological polar surface area (TPSA) is 39.2 Å². The standard InChI is InChI=1S/C10H10BrNOS/c1-6-7(2-4-13-6)9(12)10-8(11)3-5-14-10/h2-5,9H,12H2,1H3. The molecule has 2 nitrogen and oxygen atoms in total. The average molecular weight is 272 g/mol. The summed E-state index contributed by atoms with van der Waals surface area (Å²) < 4.78 is 6.30. The molecule has 2 aromatic heterocycles. The molecule has 0 amide bonds. The van der Waals surface area contributed by atoms with Crippen LogP contribution in [0.3, 0.4) is 0 Å². The molecule has 0 aliphatic heterocycles. The molecule has 1 atom stereocenters. The lowest BCUT2D eigenvalue weighted by Crippen LogP contribution is -2.10. The van der Waals surface area contributed by atoms with E-state index in [1.807, 2.05) is 24.4 Å². The molecular weight excluding hydrogens is 262 g/mol. The molecule has 0 radical (unpaired) electrons. The zero-order valence-corrected chi connectivity index (χ0v) is 10.1. The molecule has 0 aliphatic rings. The SMILES string of the molecule is Cc1occc1C(N)c1sccc1Br. The molecule has 0 saturated carbocycles. The van der Waals surface area contributed by atoms with Crippen LogP contribution in [0, 0.1) is 6.92 Å². The molecule has 2 heterocycles. The van der Waals surface area contributed by atoms with Gasteiger partial charge in [-0.15, -0.1) is 11.3 Å². The Bertz CT molecular complexity index is 395. The van der Waals surface area contributed by atoms with Crippen LogP contribution < -0.4 is 5.73 Å². The third kappa shape index (κ3) is 1.65. The molecule has 2 aromatic rings. The molecule has 2 rings (SSSR count). The van der Waals surface area contributed by atoms with E-state index in [1.165, 1.54) is 0 Å². The predicted octanol–water partition coefficient (Wildman–Crippen LogP) is 3.46.